The fourth-order valence-electron chi connectivity index (χ4n) is 4.58. The Balaban J connectivity index is 1.27. The smallest absolute Gasteiger partial charge is 0.228 e. The lowest BCUT2D eigenvalue weighted by Crippen LogP contribution is -2.47. The van der Waals surface area contributed by atoms with E-state index in [9.17, 15) is 22.8 Å². The molecular formula is C21H27N3O5S. The molecule has 0 aromatic heterocycles. The van der Waals surface area contributed by atoms with Crippen molar-refractivity contribution in [3.8, 4) is 0 Å². The molecule has 3 fully saturated rings. The highest BCUT2D eigenvalue weighted by Gasteiger charge is 2.39. The van der Waals surface area contributed by atoms with Crippen molar-refractivity contribution in [3.63, 3.8) is 0 Å². The molecule has 0 radical (unpaired) electrons. The van der Waals surface area contributed by atoms with Gasteiger partial charge >= 0.3 is 0 Å². The minimum atomic E-state index is -3.03. The Bertz CT molecular complexity index is 925. The van der Waals surface area contributed by atoms with Gasteiger partial charge in [-0.3, -0.25) is 14.4 Å². The van der Waals surface area contributed by atoms with Crippen LogP contribution in [0.2, 0.25) is 0 Å². The summed E-state index contributed by atoms with van der Waals surface area (Å²) in [6.45, 7) is 1.35. The average molecular weight is 434 g/mol. The van der Waals surface area contributed by atoms with Crippen molar-refractivity contribution in [2.45, 2.75) is 31.7 Å². The molecular weight excluding hydrogens is 406 g/mol. The van der Waals surface area contributed by atoms with Gasteiger partial charge in [0.15, 0.2) is 9.84 Å². The van der Waals surface area contributed by atoms with Crippen LogP contribution in [0.5, 0.6) is 0 Å². The molecule has 2 atom stereocenters. The topological polar surface area (TPSA) is 104 Å². The second-order valence-corrected chi connectivity index (χ2v) is 10.7. The van der Waals surface area contributed by atoms with Gasteiger partial charge in [-0.25, -0.2) is 8.42 Å². The van der Waals surface area contributed by atoms with Crippen LogP contribution in [0, 0.1) is 11.8 Å². The largest absolute Gasteiger partial charge is 0.352 e. The fraction of sp³-hybridized carbons (Fsp3) is 0.571. The number of nitrogens with one attached hydrogen (secondary N) is 1. The minimum absolute atomic E-state index is 0.0176. The predicted molar refractivity (Wildman–Crippen MR) is 111 cm³/mol. The second kappa shape index (κ2) is 8.37. The van der Waals surface area contributed by atoms with Crippen molar-refractivity contribution in [3.05, 3.63) is 30.3 Å². The third-order valence-electron chi connectivity index (χ3n) is 6.30. The third-order valence-corrected chi connectivity index (χ3v) is 8.07. The summed E-state index contributed by atoms with van der Waals surface area (Å²) < 4.78 is 23.1. The number of likely N-dealkylation sites (tertiary alicyclic amines) is 1. The number of amides is 3. The highest BCUT2D eigenvalue weighted by Crippen LogP contribution is 2.28. The highest BCUT2D eigenvalue weighted by molar-refractivity contribution is 7.91. The number of hydrogen-bond acceptors (Lipinski definition) is 5. The van der Waals surface area contributed by atoms with Crippen LogP contribution in [-0.2, 0) is 24.2 Å². The van der Waals surface area contributed by atoms with Crippen LogP contribution < -0.4 is 10.2 Å². The maximum absolute atomic E-state index is 12.9. The van der Waals surface area contributed by atoms with E-state index >= 15 is 0 Å². The summed E-state index contributed by atoms with van der Waals surface area (Å²) in [7, 11) is -3.03. The van der Waals surface area contributed by atoms with Crippen LogP contribution in [0.25, 0.3) is 0 Å². The van der Waals surface area contributed by atoms with Gasteiger partial charge in [0.2, 0.25) is 17.7 Å². The van der Waals surface area contributed by atoms with E-state index in [1.165, 1.54) is 0 Å². The molecule has 3 aliphatic rings. The molecule has 0 unspecified atom stereocenters. The second-order valence-electron chi connectivity index (χ2n) is 8.45. The van der Waals surface area contributed by atoms with E-state index in [2.05, 4.69) is 5.32 Å². The fourth-order valence-corrected chi connectivity index (χ4v) is 6.25. The Hall–Kier alpha value is -2.42. The van der Waals surface area contributed by atoms with Crippen molar-refractivity contribution in [2.75, 3.05) is 36.0 Å². The van der Waals surface area contributed by atoms with E-state index in [1.807, 2.05) is 30.3 Å². The van der Waals surface area contributed by atoms with E-state index in [0.717, 1.165) is 5.69 Å². The summed E-state index contributed by atoms with van der Waals surface area (Å²) in [5.41, 5.74) is 0.808. The molecule has 30 heavy (non-hydrogen) atoms. The number of hydrogen-bond donors (Lipinski definition) is 1. The molecule has 0 aliphatic carbocycles. The zero-order valence-corrected chi connectivity index (χ0v) is 17.6. The number of nitrogens with zero attached hydrogens (tertiary/aromatic N) is 2. The van der Waals surface area contributed by atoms with Gasteiger partial charge in [0, 0.05) is 43.7 Å². The Morgan fingerprint density at radius 3 is 2.33 bits per heavy atom. The van der Waals surface area contributed by atoms with Crippen molar-refractivity contribution in [2.24, 2.45) is 11.8 Å². The number of piperidine rings is 1. The van der Waals surface area contributed by atoms with Crippen molar-refractivity contribution in [1.29, 1.82) is 0 Å². The molecule has 4 rings (SSSR count). The minimum Gasteiger partial charge on any atom is -0.352 e. The number of sulfone groups is 1. The molecule has 9 heteroatoms. The number of para-hydroxylation sites is 1. The molecule has 3 saturated heterocycles. The first-order valence-corrected chi connectivity index (χ1v) is 12.3. The first-order chi connectivity index (χ1) is 14.3. The zero-order chi connectivity index (χ0) is 21.3. The van der Waals surface area contributed by atoms with E-state index in [-0.39, 0.29) is 53.5 Å². The van der Waals surface area contributed by atoms with Crippen molar-refractivity contribution >= 4 is 33.2 Å². The summed E-state index contributed by atoms with van der Waals surface area (Å²) in [6.07, 6.45) is 1.80. The summed E-state index contributed by atoms with van der Waals surface area (Å²) in [6, 6.07) is 9.06. The Kier molecular flexibility index (Phi) is 5.81. The number of anilines is 1. The number of carbonyl (C=O) groups excluding carboxylic acids is 3. The summed E-state index contributed by atoms with van der Waals surface area (Å²) >= 11 is 0. The zero-order valence-electron chi connectivity index (χ0n) is 16.8. The average Bonchev–Trinajstić information content (AvgIpc) is 3.29. The van der Waals surface area contributed by atoms with Gasteiger partial charge in [0.05, 0.1) is 17.4 Å². The first-order valence-electron chi connectivity index (χ1n) is 10.5. The molecule has 1 aromatic rings. The lowest BCUT2D eigenvalue weighted by Gasteiger charge is -2.33. The summed E-state index contributed by atoms with van der Waals surface area (Å²) in [5.74, 6) is -0.595. The van der Waals surface area contributed by atoms with Crippen molar-refractivity contribution in [1.82, 2.24) is 10.2 Å². The Morgan fingerprint density at radius 2 is 1.70 bits per heavy atom. The molecule has 0 bridgehead atoms. The summed E-state index contributed by atoms with van der Waals surface area (Å²) in [5, 5.41) is 2.86. The molecule has 0 saturated carbocycles. The van der Waals surface area contributed by atoms with Gasteiger partial charge in [-0.2, -0.15) is 0 Å². The maximum Gasteiger partial charge on any atom is 0.228 e. The molecule has 162 valence electrons. The van der Waals surface area contributed by atoms with Gasteiger partial charge in [-0.15, -0.1) is 0 Å². The van der Waals surface area contributed by atoms with E-state index in [1.54, 1.807) is 9.80 Å². The predicted octanol–water partition coefficient (Wildman–Crippen LogP) is 0.581. The van der Waals surface area contributed by atoms with Crippen LogP contribution >= 0.6 is 0 Å². The molecule has 0 spiro atoms. The van der Waals surface area contributed by atoms with Crippen LogP contribution in [0.15, 0.2) is 30.3 Å². The van der Waals surface area contributed by atoms with E-state index in [0.29, 0.717) is 38.9 Å². The van der Waals surface area contributed by atoms with Gasteiger partial charge in [0.1, 0.15) is 0 Å². The molecule has 3 aliphatic heterocycles. The van der Waals surface area contributed by atoms with Gasteiger partial charge in [-0.05, 0) is 31.4 Å². The molecule has 8 nitrogen and oxygen atoms in total. The van der Waals surface area contributed by atoms with Gasteiger partial charge in [-0.1, -0.05) is 18.2 Å². The number of carbonyl (C=O) groups is 3. The van der Waals surface area contributed by atoms with E-state index in [4.69, 9.17) is 0 Å². The maximum atomic E-state index is 12.9. The third kappa shape index (κ3) is 4.50. The number of benzene rings is 1. The first kappa shape index (κ1) is 20.8. The normalized spacial score (nSPS) is 26.7. The molecule has 3 heterocycles. The molecule has 1 N–H and O–H groups in total. The summed E-state index contributed by atoms with van der Waals surface area (Å²) in [4.78, 5) is 41.2. The molecule has 1 aromatic carbocycles. The van der Waals surface area contributed by atoms with E-state index < -0.39 is 9.84 Å². The lowest BCUT2D eigenvalue weighted by molar-refractivity contribution is -0.139. The monoisotopic (exact) mass is 433 g/mol. The van der Waals surface area contributed by atoms with Crippen LogP contribution in [0.4, 0.5) is 5.69 Å². The highest BCUT2D eigenvalue weighted by atomic mass is 32.2. The Labute approximate surface area is 176 Å². The standard InChI is InChI=1S/C21H27N3O5S/c25-19-12-16(13-24(19)18-4-2-1-3-5-18)21(27)23-9-6-15(7-10-23)20(26)22-17-8-11-30(28,29)14-17/h1-5,15-17H,6-14H2,(H,22,26)/t16-,17+/m1/s1. The molecule has 3 amide bonds. The van der Waals surface area contributed by atoms with Crippen LogP contribution in [-0.4, -0.2) is 68.2 Å². The van der Waals surface area contributed by atoms with Gasteiger partial charge in [0.25, 0.3) is 0 Å². The van der Waals surface area contributed by atoms with Crippen LogP contribution in [0.1, 0.15) is 25.7 Å². The Morgan fingerprint density at radius 1 is 1.00 bits per heavy atom. The van der Waals surface area contributed by atoms with Crippen LogP contribution in [0.3, 0.4) is 0 Å². The lowest BCUT2D eigenvalue weighted by atomic mass is 9.94. The number of rotatable bonds is 4. The SMILES string of the molecule is O=C(N[C@H]1CCS(=O)(=O)C1)C1CCN(C(=O)[C@@H]2CC(=O)N(c3ccccc3)C2)CC1. The quantitative estimate of drug-likeness (QED) is 0.748. The van der Waals surface area contributed by atoms with Crippen molar-refractivity contribution < 1.29 is 22.8 Å². The van der Waals surface area contributed by atoms with Gasteiger partial charge < -0.3 is 15.1 Å².